The lowest BCUT2D eigenvalue weighted by Gasteiger charge is -2.08. The van der Waals surface area contributed by atoms with Crippen LogP contribution in [0.4, 0.5) is 4.39 Å². The van der Waals surface area contributed by atoms with Crippen LogP contribution >= 0.6 is 11.8 Å². The molecule has 0 spiro atoms. The zero-order valence-corrected chi connectivity index (χ0v) is 15.5. The number of ether oxygens (including phenoxy) is 1. The summed E-state index contributed by atoms with van der Waals surface area (Å²) in [4.78, 5) is 13.4. The monoisotopic (exact) mass is 381 g/mol. The molecule has 0 saturated heterocycles. The lowest BCUT2D eigenvalue weighted by molar-refractivity contribution is 0.0947. The van der Waals surface area contributed by atoms with Crippen molar-refractivity contribution in [1.29, 1.82) is 0 Å². The minimum atomic E-state index is -0.304. The lowest BCUT2D eigenvalue weighted by atomic mass is 10.1. The maximum atomic E-state index is 12.8. The topological polar surface area (TPSA) is 38.3 Å². The molecule has 0 unspecified atom stereocenters. The highest BCUT2D eigenvalue weighted by atomic mass is 32.2. The summed E-state index contributed by atoms with van der Waals surface area (Å²) in [6.45, 7) is 0.699. The van der Waals surface area contributed by atoms with Gasteiger partial charge in [-0.3, -0.25) is 4.79 Å². The van der Waals surface area contributed by atoms with Crippen LogP contribution in [0, 0.1) is 5.82 Å². The molecule has 0 saturated carbocycles. The van der Waals surface area contributed by atoms with E-state index in [-0.39, 0.29) is 11.7 Å². The molecule has 0 bridgehead atoms. The van der Waals surface area contributed by atoms with Gasteiger partial charge in [0.2, 0.25) is 0 Å². The molecule has 3 aromatic rings. The van der Waals surface area contributed by atoms with E-state index in [1.807, 2.05) is 42.5 Å². The Balaban J connectivity index is 1.41. The van der Waals surface area contributed by atoms with Crippen molar-refractivity contribution in [2.45, 2.75) is 10.6 Å². The van der Waals surface area contributed by atoms with Crippen molar-refractivity contribution in [3.8, 4) is 5.75 Å². The fourth-order valence-electron chi connectivity index (χ4n) is 2.40. The van der Waals surface area contributed by atoms with E-state index < -0.39 is 0 Å². The largest absolute Gasteiger partial charge is 0.492 e. The number of amides is 1. The number of hydrogen-bond donors (Lipinski definition) is 1. The van der Waals surface area contributed by atoms with E-state index in [1.165, 1.54) is 22.6 Å². The van der Waals surface area contributed by atoms with Crippen LogP contribution in [0.25, 0.3) is 0 Å². The molecule has 0 aromatic heterocycles. The number of carbonyl (C=O) groups excluding carboxylic acids is 1. The van der Waals surface area contributed by atoms with Crippen molar-refractivity contribution in [1.82, 2.24) is 5.32 Å². The van der Waals surface area contributed by atoms with Crippen LogP contribution in [-0.4, -0.2) is 19.1 Å². The number of hydrogen-bond acceptors (Lipinski definition) is 3. The quantitative estimate of drug-likeness (QED) is 0.444. The molecule has 1 amide bonds. The van der Waals surface area contributed by atoms with Gasteiger partial charge in [-0.1, -0.05) is 30.3 Å². The molecule has 1 N–H and O–H groups in total. The van der Waals surface area contributed by atoms with E-state index in [0.29, 0.717) is 24.5 Å². The first-order valence-corrected chi connectivity index (χ1v) is 9.62. The van der Waals surface area contributed by atoms with Crippen molar-refractivity contribution >= 4 is 17.7 Å². The summed E-state index contributed by atoms with van der Waals surface area (Å²) in [5.74, 6) is 0.990. The summed E-state index contributed by atoms with van der Waals surface area (Å²) < 4.78 is 18.3. The maximum absolute atomic E-state index is 12.8. The number of rotatable bonds is 8. The molecule has 138 valence electrons. The van der Waals surface area contributed by atoms with Crippen molar-refractivity contribution in [2.75, 3.05) is 13.2 Å². The fraction of sp³-hybridized carbons (Fsp3) is 0.136. The van der Waals surface area contributed by atoms with E-state index in [2.05, 4.69) is 17.4 Å². The summed E-state index contributed by atoms with van der Waals surface area (Å²) in [5.41, 5.74) is 1.78. The van der Waals surface area contributed by atoms with Crippen molar-refractivity contribution in [2.24, 2.45) is 0 Å². The van der Waals surface area contributed by atoms with Crippen LogP contribution in [0.3, 0.4) is 0 Å². The predicted octanol–water partition coefficient (Wildman–Crippen LogP) is 4.93. The third-order valence-electron chi connectivity index (χ3n) is 3.83. The molecule has 0 aliphatic carbocycles. The average molecular weight is 381 g/mol. The third-order valence-corrected chi connectivity index (χ3v) is 4.92. The highest BCUT2D eigenvalue weighted by molar-refractivity contribution is 7.98. The first kappa shape index (κ1) is 19.0. The normalized spacial score (nSPS) is 10.4. The second-order valence-electron chi connectivity index (χ2n) is 5.86. The standard InChI is InChI=1S/C22H20FNO2S/c23-19-10-12-20(13-11-19)26-15-14-24-22(25)18-8-6-17(7-9-18)16-27-21-4-2-1-3-5-21/h1-13H,14-16H2,(H,24,25). The Morgan fingerprint density at radius 2 is 1.63 bits per heavy atom. The predicted molar refractivity (Wildman–Crippen MR) is 107 cm³/mol. The van der Waals surface area contributed by atoms with Crippen LogP contribution < -0.4 is 10.1 Å². The van der Waals surface area contributed by atoms with Gasteiger partial charge >= 0.3 is 0 Å². The highest BCUT2D eigenvalue weighted by Crippen LogP contribution is 2.22. The van der Waals surface area contributed by atoms with Gasteiger partial charge < -0.3 is 10.1 Å². The minimum Gasteiger partial charge on any atom is -0.492 e. The fourth-order valence-corrected chi connectivity index (χ4v) is 3.28. The van der Waals surface area contributed by atoms with Gasteiger partial charge in [0.15, 0.2) is 0 Å². The Bertz CT molecular complexity index is 852. The summed E-state index contributed by atoms with van der Waals surface area (Å²) >= 11 is 1.76. The van der Waals surface area contributed by atoms with Gasteiger partial charge in [0.1, 0.15) is 18.2 Å². The van der Waals surface area contributed by atoms with E-state index in [0.717, 1.165) is 5.75 Å². The summed E-state index contributed by atoms with van der Waals surface area (Å²) in [7, 11) is 0. The van der Waals surface area contributed by atoms with Gasteiger partial charge in [-0.2, -0.15) is 0 Å². The zero-order valence-electron chi connectivity index (χ0n) is 14.7. The molecule has 0 atom stereocenters. The Morgan fingerprint density at radius 1 is 0.926 bits per heavy atom. The molecule has 27 heavy (non-hydrogen) atoms. The van der Waals surface area contributed by atoms with Crippen LogP contribution in [0.2, 0.25) is 0 Å². The summed E-state index contributed by atoms with van der Waals surface area (Å²) in [6, 6.07) is 23.6. The molecule has 3 rings (SSSR count). The molecule has 0 fully saturated rings. The minimum absolute atomic E-state index is 0.139. The third kappa shape index (κ3) is 6.15. The second-order valence-corrected chi connectivity index (χ2v) is 6.91. The smallest absolute Gasteiger partial charge is 0.251 e. The van der Waals surface area contributed by atoms with E-state index in [4.69, 9.17) is 4.74 Å². The lowest BCUT2D eigenvalue weighted by Crippen LogP contribution is -2.28. The van der Waals surface area contributed by atoms with E-state index in [1.54, 1.807) is 23.9 Å². The number of nitrogens with one attached hydrogen (secondary N) is 1. The second kappa shape index (κ2) is 9.78. The molecule has 0 radical (unpaired) electrons. The van der Waals surface area contributed by atoms with Gasteiger partial charge in [-0.25, -0.2) is 4.39 Å². The van der Waals surface area contributed by atoms with Crippen molar-refractivity contribution in [3.63, 3.8) is 0 Å². The number of thioether (sulfide) groups is 1. The summed E-state index contributed by atoms with van der Waals surface area (Å²) in [6.07, 6.45) is 0. The highest BCUT2D eigenvalue weighted by Gasteiger charge is 2.05. The van der Waals surface area contributed by atoms with Crippen LogP contribution in [0.5, 0.6) is 5.75 Å². The van der Waals surface area contributed by atoms with Crippen LogP contribution in [-0.2, 0) is 5.75 Å². The van der Waals surface area contributed by atoms with Gasteiger partial charge in [-0.15, -0.1) is 11.8 Å². The SMILES string of the molecule is O=C(NCCOc1ccc(F)cc1)c1ccc(CSc2ccccc2)cc1. The van der Waals surface area contributed by atoms with Gasteiger partial charge in [-0.05, 0) is 54.1 Å². The van der Waals surface area contributed by atoms with Gasteiger partial charge in [0.25, 0.3) is 5.91 Å². The molecule has 3 aromatic carbocycles. The Labute approximate surface area is 162 Å². The van der Waals surface area contributed by atoms with Crippen molar-refractivity contribution < 1.29 is 13.9 Å². The molecule has 0 aliphatic rings. The molecule has 0 heterocycles. The van der Waals surface area contributed by atoms with E-state index >= 15 is 0 Å². The first-order valence-electron chi connectivity index (χ1n) is 8.64. The molecular formula is C22H20FNO2S. The van der Waals surface area contributed by atoms with Gasteiger partial charge in [0.05, 0.1) is 6.54 Å². The van der Waals surface area contributed by atoms with Gasteiger partial charge in [0, 0.05) is 16.2 Å². The van der Waals surface area contributed by atoms with Crippen molar-refractivity contribution in [3.05, 3.63) is 95.8 Å². The number of halogens is 1. The zero-order chi connectivity index (χ0) is 18.9. The average Bonchev–Trinajstić information content (AvgIpc) is 2.72. The summed E-state index contributed by atoms with van der Waals surface area (Å²) in [5, 5.41) is 2.81. The first-order chi connectivity index (χ1) is 13.2. The Kier molecular flexibility index (Phi) is 6.88. The molecule has 5 heteroatoms. The van der Waals surface area contributed by atoms with E-state index in [9.17, 15) is 9.18 Å². The number of benzene rings is 3. The van der Waals surface area contributed by atoms with Crippen LogP contribution in [0.1, 0.15) is 15.9 Å². The number of carbonyl (C=O) groups is 1. The Morgan fingerprint density at radius 3 is 2.33 bits per heavy atom. The van der Waals surface area contributed by atoms with Crippen LogP contribution in [0.15, 0.2) is 83.8 Å². The molecule has 0 aliphatic heterocycles. The Hall–Kier alpha value is -2.79. The maximum Gasteiger partial charge on any atom is 0.251 e. The molecule has 3 nitrogen and oxygen atoms in total. The molecular weight excluding hydrogens is 361 g/mol.